The van der Waals surface area contributed by atoms with E-state index in [2.05, 4.69) is 15.3 Å². The number of nitrogens with two attached hydrogens (primary N) is 1. The molecule has 1 unspecified atom stereocenters. The molecule has 0 saturated carbocycles. The summed E-state index contributed by atoms with van der Waals surface area (Å²) in [5, 5.41) is 14.6. The van der Waals surface area contributed by atoms with Gasteiger partial charge in [0.15, 0.2) is 0 Å². The van der Waals surface area contributed by atoms with Crippen molar-refractivity contribution in [1.29, 1.82) is 0 Å². The lowest BCUT2D eigenvalue weighted by molar-refractivity contribution is 0.180. The minimum Gasteiger partial charge on any atom is -0.399 e. The molecular weight excluding hydrogens is 291 g/mol. The summed E-state index contributed by atoms with van der Waals surface area (Å²) in [5.74, 6) is 4.70. The van der Waals surface area contributed by atoms with Crippen LogP contribution in [0.2, 0.25) is 0 Å². The SMILES string of the molecule is CON=C1C=C(NC(=O)N(N)CCO)C(F)=C(C)C1Cl. The van der Waals surface area contributed by atoms with Gasteiger partial charge in [0.25, 0.3) is 0 Å². The number of allylic oxidation sites excluding steroid dienone is 3. The van der Waals surface area contributed by atoms with E-state index in [1.165, 1.54) is 20.1 Å². The number of hydrogen-bond acceptors (Lipinski definition) is 5. The molecule has 9 heteroatoms. The van der Waals surface area contributed by atoms with Crippen LogP contribution < -0.4 is 11.2 Å². The summed E-state index contributed by atoms with van der Waals surface area (Å²) < 4.78 is 14.0. The van der Waals surface area contributed by atoms with Gasteiger partial charge >= 0.3 is 6.03 Å². The van der Waals surface area contributed by atoms with Crippen LogP contribution in [0.1, 0.15) is 6.92 Å². The summed E-state index contributed by atoms with van der Waals surface area (Å²) in [6.07, 6.45) is 1.26. The molecule has 20 heavy (non-hydrogen) atoms. The van der Waals surface area contributed by atoms with E-state index in [-0.39, 0.29) is 30.1 Å². The number of carbonyl (C=O) groups excluding carboxylic acids is 1. The van der Waals surface area contributed by atoms with E-state index >= 15 is 0 Å². The van der Waals surface area contributed by atoms with Gasteiger partial charge in [-0.15, -0.1) is 11.6 Å². The van der Waals surface area contributed by atoms with E-state index in [0.29, 0.717) is 0 Å². The van der Waals surface area contributed by atoms with Crippen molar-refractivity contribution in [3.05, 3.63) is 23.2 Å². The molecule has 0 heterocycles. The molecule has 4 N–H and O–H groups in total. The van der Waals surface area contributed by atoms with Gasteiger partial charge < -0.3 is 15.3 Å². The molecule has 1 aliphatic rings. The molecule has 1 rings (SSSR count). The van der Waals surface area contributed by atoms with E-state index in [0.717, 1.165) is 5.01 Å². The van der Waals surface area contributed by atoms with Crippen LogP contribution in [0.25, 0.3) is 0 Å². The molecule has 1 atom stereocenters. The third-order valence-corrected chi connectivity index (χ3v) is 3.11. The molecule has 112 valence electrons. The van der Waals surface area contributed by atoms with Crippen LogP contribution in [0.15, 0.2) is 28.3 Å². The van der Waals surface area contributed by atoms with E-state index < -0.39 is 17.2 Å². The predicted molar refractivity (Wildman–Crippen MR) is 72.5 cm³/mol. The fraction of sp³-hybridized carbons (Fsp3) is 0.455. The Morgan fingerprint density at radius 3 is 2.95 bits per heavy atom. The molecule has 2 amide bonds. The minimum absolute atomic E-state index is 0.0828. The summed E-state index contributed by atoms with van der Waals surface area (Å²) in [6.45, 7) is 1.09. The van der Waals surface area contributed by atoms with Gasteiger partial charge in [-0.25, -0.2) is 15.0 Å². The fourth-order valence-corrected chi connectivity index (χ4v) is 1.69. The fourth-order valence-electron chi connectivity index (χ4n) is 1.50. The van der Waals surface area contributed by atoms with Crippen molar-refractivity contribution < 1.29 is 19.1 Å². The van der Waals surface area contributed by atoms with Crippen molar-refractivity contribution in [2.75, 3.05) is 20.3 Å². The molecule has 0 spiro atoms. The van der Waals surface area contributed by atoms with E-state index in [1.54, 1.807) is 0 Å². The maximum absolute atomic E-state index is 14.0. The zero-order valence-electron chi connectivity index (χ0n) is 11.1. The van der Waals surface area contributed by atoms with Crippen LogP contribution in [0, 0.1) is 0 Å². The molecule has 0 radical (unpaired) electrons. The Labute approximate surface area is 120 Å². The second-order valence-electron chi connectivity index (χ2n) is 3.96. The minimum atomic E-state index is -0.776. The average molecular weight is 307 g/mol. The van der Waals surface area contributed by atoms with Gasteiger partial charge in [0.05, 0.1) is 18.8 Å². The molecular formula is C11H16ClFN4O3. The highest BCUT2D eigenvalue weighted by Crippen LogP contribution is 2.27. The third-order valence-electron chi connectivity index (χ3n) is 2.55. The highest BCUT2D eigenvalue weighted by atomic mass is 35.5. The number of hydrazine groups is 1. The Kier molecular flexibility index (Phi) is 5.93. The number of hydrogen-bond donors (Lipinski definition) is 3. The number of urea groups is 1. The first-order valence-corrected chi connectivity index (χ1v) is 6.13. The van der Waals surface area contributed by atoms with Gasteiger partial charge in [-0.1, -0.05) is 5.16 Å². The number of oxime groups is 1. The highest BCUT2D eigenvalue weighted by molar-refractivity contribution is 6.36. The number of nitrogens with one attached hydrogen (secondary N) is 1. The Bertz CT molecular complexity index is 478. The van der Waals surface area contributed by atoms with Crippen molar-refractivity contribution in [2.24, 2.45) is 11.0 Å². The predicted octanol–water partition coefficient (Wildman–Crippen LogP) is 0.615. The molecule has 0 bridgehead atoms. The van der Waals surface area contributed by atoms with Crippen molar-refractivity contribution in [1.82, 2.24) is 10.3 Å². The third kappa shape index (κ3) is 3.69. The highest BCUT2D eigenvalue weighted by Gasteiger charge is 2.27. The average Bonchev–Trinajstić information content (AvgIpc) is 2.42. The zero-order valence-corrected chi connectivity index (χ0v) is 11.8. The lowest BCUT2D eigenvalue weighted by Gasteiger charge is -2.22. The van der Waals surface area contributed by atoms with E-state index in [1.807, 2.05) is 0 Å². The van der Waals surface area contributed by atoms with E-state index in [9.17, 15) is 9.18 Å². The maximum Gasteiger partial charge on any atom is 0.336 e. The first-order valence-electron chi connectivity index (χ1n) is 5.69. The summed E-state index contributed by atoms with van der Waals surface area (Å²) in [7, 11) is 1.33. The molecule has 0 aromatic heterocycles. The van der Waals surface area contributed by atoms with Gasteiger partial charge in [-0.2, -0.15) is 0 Å². The zero-order chi connectivity index (χ0) is 15.3. The lowest BCUT2D eigenvalue weighted by Crippen LogP contribution is -2.46. The quantitative estimate of drug-likeness (QED) is 0.307. The van der Waals surface area contributed by atoms with Gasteiger partial charge in [-0.05, 0) is 18.6 Å². The summed E-state index contributed by atoms with van der Waals surface area (Å²) >= 11 is 5.99. The first kappa shape index (κ1) is 16.4. The molecule has 0 aromatic rings. The largest absolute Gasteiger partial charge is 0.399 e. The van der Waals surface area contributed by atoms with Crippen LogP contribution >= 0.6 is 11.6 Å². The van der Waals surface area contributed by atoms with Crippen LogP contribution in [0.4, 0.5) is 9.18 Å². The second kappa shape index (κ2) is 7.22. The molecule has 0 fully saturated rings. The number of halogens is 2. The number of nitrogens with zero attached hydrogens (tertiary/aromatic N) is 2. The maximum atomic E-state index is 14.0. The van der Waals surface area contributed by atoms with Gasteiger partial charge in [0, 0.05) is 0 Å². The smallest absolute Gasteiger partial charge is 0.336 e. The van der Waals surface area contributed by atoms with Crippen molar-refractivity contribution in [3.8, 4) is 0 Å². The standard InChI is InChI=1S/C11H16ClFN4O3/c1-6-9(12)7(16-20-2)5-8(10(6)13)15-11(19)17(14)3-4-18/h5,9,18H,3-4,14H2,1-2H3,(H,15,19). The Hall–Kier alpha value is -1.64. The van der Waals surface area contributed by atoms with E-state index in [4.69, 9.17) is 22.6 Å². The Morgan fingerprint density at radius 1 is 1.75 bits per heavy atom. The van der Waals surface area contributed by atoms with Crippen LogP contribution in [0.3, 0.4) is 0 Å². The summed E-state index contributed by atoms with van der Waals surface area (Å²) in [5.41, 5.74) is 0.341. The molecule has 1 aliphatic carbocycles. The van der Waals surface area contributed by atoms with Crippen LogP contribution in [0.5, 0.6) is 0 Å². The van der Waals surface area contributed by atoms with Gasteiger partial charge in [-0.3, -0.25) is 5.01 Å². The number of alkyl halides is 1. The second-order valence-corrected chi connectivity index (χ2v) is 4.40. The van der Waals surface area contributed by atoms with Crippen LogP contribution in [-0.2, 0) is 4.84 Å². The van der Waals surface area contributed by atoms with Crippen LogP contribution in [-0.4, -0.2) is 47.5 Å². The van der Waals surface area contributed by atoms with Crippen molar-refractivity contribution >= 4 is 23.3 Å². The number of aliphatic hydroxyl groups is 1. The molecule has 7 nitrogen and oxygen atoms in total. The normalized spacial score (nSPS) is 20.8. The Morgan fingerprint density at radius 2 is 2.40 bits per heavy atom. The molecule has 0 saturated heterocycles. The topological polar surface area (TPSA) is 100 Å². The summed E-state index contributed by atoms with van der Waals surface area (Å²) in [6, 6.07) is -0.766. The van der Waals surface area contributed by atoms with Gasteiger partial charge in [0.2, 0.25) is 0 Å². The van der Waals surface area contributed by atoms with Crippen molar-refractivity contribution in [3.63, 3.8) is 0 Å². The number of carbonyl (C=O) groups is 1. The first-order chi connectivity index (χ1) is 9.42. The van der Waals surface area contributed by atoms with Gasteiger partial charge in [0.1, 0.15) is 24.0 Å². The Balaban J connectivity index is 2.95. The molecule has 0 aromatic carbocycles. The lowest BCUT2D eigenvalue weighted by atomic mass is 10.0. The number of amides is 2. The monoisotopic (exact) mass is 306 g/mol. The molecule has 0 aliphatic heterocycles. The number of rotatable bonds is 4. The summed E-state index contributed by atoms with van der Waals surface area (Å²) in [4.78, 5) is 16.3. The number of aliphatic hydroxyl groups excluding tert-OH is 1. The van der Waals surface area contributed by atoms with Crippen molar-refractivity contribution in [2.45, 2.75) is 12.3 Å².